The molecule has 0 saturated heterocycles. The number of benzene rings is 1. The van der Waals surface area contributed by atoms with Crippen molar-refractivity contribution in [3.63, 3.8) is 0 Å². The molecule has 2 unspecified atom stereocenters. The molecule has 1 nitrogen and oxygen atoms in total. The van der Waals surface area contributed by atoms with Gasteiger partial charge in [0.25, 0.3) is 0 Å². The van der Waals surface area contributed by atoms with Gasteiger partial charge in [-0.2, -0.15) is 0 Å². The highest BCUT2D eigenvalue weighted by molar-refractivity contribution is 5.20. The lowest BCUT2D eigenvalue weighted by Crippen LogP contribution is -2.45. The van der Waals surface area contributed by atoms with Gasteiger partial charge >= 0.3 is 0 Å². The minimum Gasteiger partial charge on any atom is -0.307 e. The Morgan fingerprint density at radius 2 is 2.00 bits per heavy atom. The highest BCUT2D eigenvalue weighted by Crippen LogP contribution is 2.36. The lowest BCUT2D eigenvalue weighted by molar-refractivity contribution is 0.157. The molecule has 18 heavy (non-hydrogen) atoms. The van der Waals surface area contributed by atoms with Crippen LogP contribution in [-0.2, 0) is 0 Å². The zero-order valence-corrected chi connectivity index (χ0v) is 11.7. The summed E-state index contributed by atoms with van der Waals surface area (Å²) in [6, 6.07) is 7.63. The SMILES string of the molecule is CC(NC1CCCCC1(C)C)c1ccccc1F. The van der Waals surface area contributed by atoms with Crippen LogP contribution in [0.1, 0.15) is 58.1 Å². The zero-order chi connectivity index (χ0) is 13.2. The summed E-state index contributed by atoms with van der Waals surface area (Å²) in [5.74, 6) is -0.105. The second kappa shape index (κ2) is 5.40. The molecule has 0 aliphatic heterocycles. The third kappa shape index (κ3) is 2.92. The van der Waals surface area contributed by atoms with E-state index in [1.165, 1.54) is 25.7 Å². The van der Waals surface area contributed by atoms with Crippen LogP contribution in [0.3, 0.4) is 0 Å². The van der Waals surface area contributed by atoms with Crippen molar-refractivity contribution >= 4 is 0 Å². The predicted molar refractivity (Wildman–Crippen MR) is 74.0 cm³/mol. The minimum absolute atomic E-state index is 0.0774. The summed E-state index contributed by atoms with van der Waals surface area (Å²) >= 11 is 0. The highest BCUT2D eigenvalue weighted by Gasteiger charge is 2.33. The largest absolute Gasteiger partial charge is 0.307 e. The van der Waals surface area contributed by atoms with Gasteiger partial charge < -0.3 is 5.32 Å². The average Bonchev–Trinajstić information content (AvgIpc) is 2.32. The van der Waals surface area contributed by atoms with Crippen LogP contribution in [0.5, 0.6) is 0 Å². The smallest absolute Gasteiger partial charge is 0.127 e. The van der Waals surface area contributed by atoms with Crippen LogP contribution in [0.4, 0.5) is 4.39 Å². The number of halogens is 1. The summed E-state index contributed by atoms with van der Waals surface area (Å²) in [6.07, 6.45) is 5.06. The van der Waals surface area contributed by atoms with Crippen molar-refractivity contribution in [2.75, 3.05) is 0 Å². The first kappa shape index (κ1) is 13.5. The van der Waals surface area contributed by atoms with Gasteiger partial charge in [-0.25, -0.2) is 4.39 Å². The summed E-state index contributed by atoms with van der Waals surface area (Å²) < 4.78 is 13.7. The van der Waals surface area contributed by atoms with Crippen LogP contribution in [0.25, 0.3) is 0 Å². The minimum atomic E-state index is -0.105. The van der Waals surface area contributed by atoms with E-state index in [1.807, 2.05) is 12.1 Å². The van der Waals surface area contributed by atoms with Crippen LogP contribution in [-0.4, -0.2) is 6.04 Å². The maximum atomic E-state index is 13.7. The van der Waals surface area contributed by atoms with Crippen molar-refractivity contribution in [1.29, 1.82) is 0 Å². The summed E-state index contributed by atoms with van der Waals surface area (Å²) in [4.78, 5) is 0. The summed E-state index contributed by atoms with van der Waals surface area (Å²) in [5.41, 5.74) is 1.09. The molecule has 1 aliphatic rings. The molecule has 1 aliphatic carbocycles. The molecule has 2 atom stereocenters. The second-order valence-electron chi connectivity index (χ2n) is 6.20. The summed E-state index contributed by atoms with van der Waals surface area (Å²) in [5, 5.41) is 3.63. The molecule has 1 fully saturated rings. The molecular weight excluding hydrogens is 225 g/mol. The fourth-order valence-corrected chi connectivity index (χ4v) is 3.02. The molecule has 1 N–H and O–H groups in total. The van der Waals surface area contributed by atoms with Gasteiger partial charge in [0.1, 0.15) is 5.82 Å². The lowest BCUT2D eigenvalue weighted by Gasteiger charge is -2.40. The van der Waals surface area contributed by atoms with E-state index in [4.69, 9.17) is 0 Å². The van der Waals surface area contributed by atoms with Crippen molar-refractivity contribution < 1.29 is 4.39 Å². The van der Waals surface area contributed by atoms with E-state index < -0.39 is 0 Å². The highest BCUT2D eigenvalue weighted by atomic mass is 19.1. The lowest BCUT2D eigenvalue weighted by atomic mass is 9.73. The van der Waals surface area contributed by atoms with Crippen LogP contribution < -0.4 is 5.32 Å². The van der Waals surface area contributed by atoms with E-state index in [9.17, 15) is 4.39 Å². The van der Waals surface area contributed by atoms with Crippen LogP contribution in [0.2, 0.25) is 0 Å². The Bertz CT molecular complexity index is 400. The molecule has 0 bridgehead atoms. The molecule has 2 heteroatoms. The first-order valence-corrected chi connectivity index (χ1v) is 7.01. The first-order valence-electron chi connectivity index (χ1n) is 7.01. The fraction of sp³-hybridized carbons (Fsp3) is 0.625. The van der Waals surface area contributed by atoms with Crippen LogP contribution >= 0.6 is 0 Å². The Kier molecular flexibility index (Phi) is 4.06. The third-order valence-corrected chi connectivity index (χ3v) is 4.33. The molecule has 0 amide bonds. The third-order valence-electron chi connectivity index (χ3n) is 4.33. The maximum Gasteiger partial charge on any atom is 0.127 e. The Morgan fingerprint density at radius 3 is 2.67 bits per heavy atom. The van der Waals surface area contributed by atoms with Gasteiger partial charge in [-0.15, -0.1) is 0 Å². The van der Waals surface area contributed by atoms with Crippen molar-refractivity contribution in [3.8, 4) is 0 Å². The van der Waals surface area contributed by atoms with Crippen LogP contribution in [0, 0.1) is 11.2 Å². The van der Waals surface area contributed by atoms with Gasteiger partial charge in [0.15, 0.2) is 0 Å². The number of hydrogen-bond acceptors (Lipinski definition) is 1. The zero-order valence-electron chi connectivity index (χ0n) is 11.7. The van der Waals surface area contributed by atoms with E-state index >= 15 is 0 Å². The molecule has 100 valence electrons. The molecule has 2 rings (SSSR count). The Morgan fingerprint density at radius 1 is 1.28 bits per heavy atom. The maximum absolute atomic E-state index is 13.7. The second-order valence-corrected chi connectivity index (χ2v) is 6.20. The Balaban J connectivity index is 2.07. The van der Waals surface area contributed by atoms with Crippen molar-refractivity contribution in [2.45, 2.75) is 58.5 Å². The molecule has 0 aromatic heterocycles. The Hall–Kier alpha value is -0.890. The van der Waals surface area contributed by atoms with E-state index in [-0.39, 0.29) is 11.9 Å². The number of rotatable bonds is 3. The number of hydrogen-bond donors (Lipinski definition) is 1. The summed E-state index contributed by atoms with van der Waals surface area (Å²) in [6.45, 7) is 6.69. The molecule has 0 radical (unpaired) electrons. The topological polar surface area (TPSA) is 12.0 Å². The molecule has 0 heterocycles. The van der Waals surface area contributed by atoms with Gasteiger partial charge in [-0.1, -0.05) is 44.9 Å². The Labute approximate surface area is 110 Å². The van der Waals surface area contributed by atoms with Gasteiger partial charge in [0.05, 0.1) is 0 Å². The quantitative estimate of drug-likeness (QED) is 0.834. The standard InChI is InChI=1S/C16H24FN/c1-12(13-8-4-5-9-14(13)17)18-15-10-6-7-11-16(15,2)3/h4-5,8-9,12,15,18H,6-7,10-11H2,1-3H3. The van der Waals surface area contributed by atoms with Gasteiger partial charge in [-0.3, -0.25) is 0 Å². The molecule has 1 aromatic rings. The van der Waals surface area contributed by atoms with Crippen molar-refractivity contribution in [1.82, 2.24) is 5.32 Å². The molecular formula is C16H24FN. The van der Waals surface area contributed by atoms with Gasteiger partial charge in [0, 0.05) is 17.6 Å². The van der Waals surface area contributed by atoms with Gasteiger partial charge in [0.2, 0.25) is 0 Å². The van der Waals surface area contributed by atoms with E-state index in [1.54, 1.807) is 12.1 Å². The fourth-order valence-electron chi connectivity index (χ4n) is 3.02. The monoisotopic (exact) mass is 249 g/mol. The van der Waals surface area contributed by atoms with Crippen molar-refractivity contribution in [2.24, 2.45) is 5.41 Å². The predicted octanol–water partition coefficient (Wildman–Crippen LogP) is 4.45. The van der Waals surface area contributed by atoms with E-state index in [0.717, 1.165) is 5.56 Å². The average molecular weight is 249 g/mol. The molecule has 1 aromatic carbocycles. The number of nitrogens with one attached hydrogen (secondary N) is 1. The van der Waals surface area contributed by atoms with Gasteiger partial charge in [-0.05, 0) is 31.2 Å². The molecule has 1 saturated carbocycles. The van der Waals surface area contributed by atoms with E-state index in [2.05, 4.69) is 26.1 Å². The van der Waals surface area contributed by atoms with Crippen molar-refractivity contribution in [3.05, 3.63) is 35.6 Å². The first-order chi connectivity index (χ1) is 8.50. The normalized spacial score (nSPS) is 24.8. The summed E-state index contributed by atoms with van der Waals surface area (Å²) in [7, 11) is 0. The molecule has 0 spiro atoms. The van der Waals surface area contributed by atoms with Crippen LogP contribution in [0.15, 0.2) is 24.3 Å². The van der Waals surface area contributed by atoms with E-state index in [0.29, 0.717) is 11.5 Å².